The summed E-state index contributed by atoms with van der Waals surface area (Å²) in [6.07, 6.45) is 8.95. The van der Waals surface area contributed by atoms with E-state index >= 15 is 0 Å². The lowest BCUT2D eigenvalue weighted by molar-refractivity contribution is -0.140. The number of carboxylic acids is 2. The summed E-state index contributed by atoms with van der Waals surface area (Å²) in [6, 6.07) is 22.7. The smallest absolute Gasteiger partial charge is 0.418 e. The van der Waals surface area contributed by atoms with Gasteiger partial charge in [-0.25, -0.2) is 44.5 Å². The first-order chi connectivity index (χ1) is 65.2. The number of urea groups is 5. The summed E-state index contributed by atoms with van der Waals surface area (Å²) in [5, 5.41) is 61.2. The second-order valence-electron chi connectivity index (χ2n) is 35.4. The molecule has 0 aliphatic carbocycles. The average molecular weight is 1980 g/mol. The highest BCUT2D eigenvalue weighted by Crippen LogP contribution is 2.43. The molecule has 13 heterocycles. The first-order valence-corrected chi connectivity index (χ1v) is 47.1. The number of hydrazine groups is 1. The lowest BCUT2D eigenvalue weighted by Gasteiger charge is -2.29. The number of piperidine rings is 5. The number of ketones is 1. The van der Waals surface area contributed by atoms with E-state index in [1.165, 1.54) is 25.0 Å². The van der Waals surface area contributed by atoms with E-state index in [9.17, 15) is 66.4 Å². The van der Waals surface area contributed by atoms with Crippen molar-refractivity contribution < 1.29 is 118 Å². The summed E-state index contributed by atoms with van der Waals surface area (Å²) in [5.74, 6) is 5.52. The van der Waals surface area contributed by atoms with Crippen LogP contribution in [0.3, 0.4) is 0 Å². The van der Waals surface area contributed by atoms with Gasteiger partial charge in [0.2, 0.25) is 41.3 Å². The van der Waals surface area contributed by atoms with Crippen LogP contribution in [0.15, 0.2) is 104 Å². The highest BCUT2D eigenvalue weighted by molar-refractivity contribution is 7.80. The van der Waals surface area contributed by atoms with Crippen molar-refractivity contribution >= 4 is 88.6 Å². The van der Waals surface area contributed by atoms with Gasteiger partial charge in [-0.15, -0.1) is 47.3 Å². The van der Waals surface area contributed by atoms with Crippen molar-refractivity contribution in [2.45, 2.75) is 275 Å². The maximum absolute atomic E-state index is 12.8. The molecule has 10 bridgehead atoms. The molecule has 10 saturated heterocycles. The molecule has 6 unspecified atom stereocenters. The number of halogens is 1. The number of Topliss-reactive ketones (excluding diaryl/α,β-unsaturated/α-hetero) is 1. The fourth-order valence-corrected chi connectivity index (χ4v) is 16.6. The van der Waals surface area contributed by atoms with Gasteiger partial charge >= 0.3 is 58.6 Å². The zero-order chi connectivity index (χ0) is 99.9. The van der Waals surface area contributed by atoms with Crippen molar-refractivity contribution in [2.75, 3.05) is 52.4 Å². The highest BCUT2D eigenvalue weighted by Gasteiger charge is 2.53. The Kier molecular flexibility index (Phi) is 40.2. The average Bonchev–Trinajstić information content (AvgIpc) is 1.62. The van der Waals surface area contributed by atoms with Crippen molar-refractivity contribution in [3.05, 3.63) is 143 Å². The predicted molar refractivity (Wildman–Crippen MR) is 488 cm³/mol. The van der Waals surface area contributed by atoms with Gasteiger partial charge < -0.3 is 86.3 Å². The Labute approximate surface area is 804 Å². The normalized spacial score (nSPS) is 22.8. The number of aliphatic carboxylic acids is 2. The Balaban J connectivity index is 0.000000184. The van der Waals surface area contributed by atoms with Crippen LogP contribution in [-0.2, 0) is 77.7 Å². The molecule has 138 heavy (non-hydrogen) atoms. The molecule has 13 amide bonds. The summed E-state index contributed by atoms with van der Waals surface area (Å²) in [6.45, 7) is 22.4. The Hall–Kier alpha value is -11.9. The van der Waals surface area contributed by atoms with Gasteiger partial charge in [0.15, 0.2) is 5.78 Å². The predicted octanol–water partition coefficient (Wildman–Crippen LogP) is 6.92. The summed E-state index contributed by atoms with van der Waals surface area (Å²) >= 11 is 0. The van der Waals surface area contributed by atoms with Crippen LogP contribution in [0.2, 0.25) is 0 Å². The monoisotopic (exact) mass is 1980 g/mol. The Morgan fingerprint density at radius 3 is 1.23 bits per heavy atom. The third-order valence-electron chi connectivity index (χ3n) is 24.6. The van der Waals surface area contributed by atoms with Crippen molar-refractivity contribution in [3.8, 4) is 0 Å². The SMILES string of the molecule is CCC(C)C(=O)CNC(=O)[C@@H]1CC[C@@H]2CN1C(=O)N2OCc1ccccc1.CCC(C)c1nnc([C@@H]2CC[C@@H]3CN2C(=O)N3O)o1.CCC(C)c1nnc([C@@H]2CC[C@@H]3CN2C(=O)N3OCc2ccccc2)o1.CCC(NC(=O)OC(C)(C)C)C(=O)O.Cl.NCC(N)C(=O)O.NCC(N)c1nnc([C@@H]2CC[C@@H]3CN2C(=O)N3OS(=O)(=O)O)o1.NNC(=O)[C@@H]1CC[C@@H]2CN1C(=O)N2OCc1ccccc1. The second kappa shape index (κ2) is 50.6. The van der Waals surface area contributed by atoms with Crippen LogP contribution in [0, 0.1) is 5.92 Å². The van der Waals surface area contributed by atoms with E-state index in [1.54, 1.807) is 42.4 Å². The Morgan fingerprint density at radius 1 is 0.493 bits per heavy atom. The van der Waals surface area contributed by atoms with Crippen LogP contribution in [0.4, 0.5) is 28.8 Å². The van der Waals surface area contributed by atoms with Crippen molar-refractivity contribution in [1.29, 1.82) is 0 Å². The summed E-state index contributed by atoms with van der Waals surface area (Å²) < 4.78 is 56.7. The van der Waals surface area contributed by atoms with Gasteiger partial charge in [-0.3, -0.25) is 48.9 Å². The van der Waals surface area contributed by atoms with Gasteiger partial charge in [0.1, 0.15) is 67.7 Å². The zero-order valence-corrected chi connectivity index (χ0v) is 80.4. The number of ether oxygens (including phenoxy) is 1. The highest BCUT2D eigenvalue weighted by atomic mass is 35.5. The van der Waals surface area contributed by atoms with Gasteiger partial charge in [-0.2, -0.15) is 28.7 Å². The molecule has 10 aliphatic rings. The van der Waals surface area contributed by atoms with Crippen molar-refractivity contribution in [1.82, 2.24) is 96.5 Å². The standard InChI is InChI=1S/C20H27N3O4.C19H24N4O3.C14H18N4O3.C12H18N4O3.C10H16N6O6S.C9H17NO4.C3H8N2O2.ClH/c1-3-14(2)18(24)11-21-19(25)17-10-9-16-12-22(17)20(26)23(16)27-13-15-7-5-4-6-8-15;1-3-13(2)17-20-21-18(26-17)16-10-9-15-11-22(16)19(24)23(15)25-12-14-7-5-4-6-8-14;15-16-13(19)12-7-6-11-8-17(12)14(20)18(11)21-9-10-4-2-1-3-5-10;1-3-7(2)10-13-14-11(19-10)9-5-4-8-6-15(9)12(17)16(8)18;11-3-6(12)8-13-14-9(21-8)7-2-1-5-4-15(7)10(17)16(5)22-23(18,19)20;1-5-6(7(11)12)10-8(13)14-9(2,3)4;4-1-2(5)3(6)7;/h4-8,14,16-17H,3,9-13H2,1-2H3,(H,21,25);4-8,13,15-16H,3,9-12H2,1-2H3;1-5,11-12H,6-9,15H2,(H,16,19);7-9,18H,3-6H2,1-2H3;5-7H,1-4,11-12H2,(H,18,19,20);6H,5H2,1-4H3,(H,10,13)(H,11,12);2H,1,4-5H2,(H,6,7);1H/t14?,16-,17+;13?,15-,16+;11-,12+;7?,8-,9+;5-,6?,7+;;;/m11111.../s1. The molecule has 0 spiro atoms. The zero-order valence-electron chi connectivity index (χ0n) is 78.8. The van der Waals surface area contributed by atoms with Crippen molar-refractivity contribution in [3.63, 3.8) is 0 Å². The van der Waals surface area contributed by atoms with Crippen LogP contribution in [0.25, 0.3) is 0 Å². The number of nitrogens with one attached hydrogen (secondary N) is 3. The molecular weight excluding hydrogens is 1850 g/mol. The minimum absolute atomic E-state index is 0. The maximum atomic E-state index is 12.8. The lowest BCUT2D eigenvalue weighted by Crippen LogP contribution is -2.51. The largest absolute Gasteiger partial charge is 0.480 e. The Morgan fingerprint density at radius 2 is 0.862 bits per heavy atom. The number of carbonyl (C=O) groups is 11. The van der Waals surface area contributed by atoms with Crippen LogP contribution in [0.5, 0.6) is 0 Å². The molecule has 49 nitrogen and oxygen atoms in total. The molecule has 10 aliphatic heterocycles. The summed E-state index contributed by atoms with van der Waals surface area (Å²) in [5.41, 5.74) is 25.4. The number of amides is 13. The van der Waals surface area contributed by atoms with E-state index in [0.717, 1.165) is 73.1 Å². The van der Waals surface area contributed by atoms with E-state index in [1.807, 2.05) is 112 Å². The molecular formula is C87H129ClN24O25S. The van der Waals surface area contributed by atoms with Crippen molar-refractivity contribution in [2.24, 2.45) is 34.7 Å². The van der Waals surface area contributed by atoms with Crippen LogP contribution >= 0.6 is 12.4 Å². The summed E-state index contributed by atoms with van der Waals surface area (Å²) in [4.78, 5) is 155. The van der Waals surface area contributed by atoms with E-state index in [-0.39, 0.29) is 146 Å². The van der Waals surface area contributed by atoms with E-state index in [2.05, 4.69) is 71.7 Å². The minimum atomic E-state index is -4.78. The van der Waals surface area contributed by atoms with Gasteiger partial charge in [0, 0.05) is 63.6 Å². The van der Waals surface area contributed by atoms with E-state index in [0.29, 0.717) is 113 Å². The van der Waals surface area contributed by atoms with Crippen LogP contribution in [-0.4, -0.2) is 287 Å². The second-order valence-corrected chi connectivity index (χ2v) is 36.4. The first kappa shape index (κ1) is 110. The number of carboxylic acid groups (broad SMARTS) is 2. The van der Waals surface area contributed by atoms with Gasteiger partial charge in [0.05, 0.1) is 42.8 Å². The van der Waals surface area contributed by atoms with Gasteiger partial charge in [0.25, 0.3) is 5.91 Å². The molecule has 16 rings (SSSR count). The number of aromatic nitrogens is 6. The Bertz CT molecular complexity index is 5150. The number of nitrogens with two attached hydrogens (primary N) is 5. The molecule has 0 saturated carbocycles. The fraction of sp³-hybridized carbons (Fsp3) is 0.598. The van der Waals surface area contributed by atoms with E-state index < -0.39 is 82.4 Å². The van der Waals surface area contributed by atoms with Crippen LogP contribution in [0.1, 0.15) is 247 Å². The molecule has 16 atom stereocenters. The number of benzene rings is 3. The summed E-state index contributed by atoms with van der Waals surface area (Å²) in [7, 11) is -4.78. The topological polar surface area (TPSA) is 664 Å². The maximum Gasteiger partial charge on any atom is 0.418 e. The molecule has 17 N–H and O–H groups in total. The molecule has 10 fully saturated rings. The third-order valence-corrected chi connectivity index (χ3v) is 25.0. The number of rotatable bonds is 31. The van der Waals surface area contributed by atoms with Gasteiger partial charge in [-0.05, 0) is 127 Å². The molecule has 0 radical (unpaired) electrons. The number of nitrogens with zero attached hydrogens (tertiary/aromatic N) is 16. The molecule has 3 aromatic heterocycles. The quantitative estimate of drug-likeness (QED) is 0.00690. The van der Waals surface area contributed by atoms with E-state index in [4.69, 9.17) is 76.0 Å². The minimum Gasteiger partial charge on any atom is -0.480 e. The first-order valence-electron chi connectivity index (χ1n) is 45.8. The fourth-order valence-electron chi connectivity index (χ4n) is 16.2. The van der Waals surface area contributed by atoms with Crippen LogP contribution < -0.4 is 44.8 Å². The lowest BCUT2D eigenvalue weighted by atomic mass is 9.99. The number of alkyl carbamates (subject to hydrolysis) is 1. The molecule has 3 aromatic carbocycles. The molecule has 6 aromatic rings. The number of hydrogen-bond acceptors (Lipinski definition) is 33. The number of hydrogen-bond donors (Lipinski definition) is 12. The number of carbonyl (C=O) groups excluding carboxylic acids is 9. The number of fused-ring (bicyclic) bond motifs is 10. The molecule has 760 valence electrons. The molecule has 51 heteroatoms. The number of hydroxylamine groups is 10. The van der Waals surface area contributed by atoms with Gasteiger partial charge in [-0.1, -0.05) is 139 Å². The third kappa shape index (κ3) is 28.6.